The maximum absolute atomic E-state index is 5.55. The second-order valence-electron chi connectivity index (χ2n) is 4.11. The van der Waals surface area contributed by atoms with Gasteiger partial charge in [-0.25, -0.2) is 0 Å². The van der Waals surface area contributed by atoms with Crippen molar-refractivity contribution in [3.8, 4) is 17.2 Å². The zero-order valence-corrected chi connectivity index (χ0v) is 9.29. The molecule has 0 bridgehead atoms. The summed E-state index contributed by atoms with van der Waals surface area (Å²) in [7, 11) is 1.70. The van der Waals surface area contributed by atoms with Crippen LogP contribution in [-0.2, 0) is 0 Å². The fourth-order valence-corrected chi connectivity index (χ4v) is 2.44. The van der Waals surface area contributed by atoms with Gasteiger partial charge in [-0.3, -0.25) is 0 Å². The van der Waals surface area contributed by atoms with Crippen molar-refractivity contribution in [1.82, 2.24) is 5.32 Å². The van der Waals surface area contributed by atoms with Gasteiger partial charge in [0.1, 0.15) is 5.75 Å². The molecule has 16 heavy (non-hydrogen) atoms. The van der Waals surface area contributed by atoms with Crippen molar-refractivity contribution in [3.05, 3.63) is 17.7 Å². The maximum atomic E-state index is 5.55. The molecule has 2 aliphatic rings. The summed E-state index contributed by atoms with van der Waals surface area (Å²) in [5.74, 6) is 3.07. The summed E-state index contributed by atoms with van der Waals surface area (Å²) in [5.41, 5.74) is 1.16. The number of nitrogens with one attached hydrogen (secondary N) is 1. The molecule has 4 heteroatoms. The lowest BCUT2D eigenvalue weighted by molar-refractivity contribution is 0.173. The molecule has 2 heterocycles. The lowest BCUT2D eigenvalue weighted by Gasteiger charge is -2.16. The average Bonchev–Trinajstić information content (AvgIpc) is 2.98. The first-order valence-corrected chi connectivity index (χ1v) is 5.57. The van der Waals surface area contributed by atoms with E-state index in [1.807, 2.05) is 12.1 Å². The SMILES string of the molecule is COc1ccc2c(c1C1CCNC1)OCO2. The second kappa shape index (κ2) is 3.87. The summed E-state index contributed by atoms with van der Waals surface area (Å²) in [6.45, 7) is 2.35. The van der Waals surface area contributed by atoms with Crippen molar-refractivity contribution in [2.45, 2.75) is 12.3 Å². The Morgan fingerprint density at radius 2 is 2.31 bits per heavy atom. The van der Waals surface area contributed by atoms with E-state index in [-0.39, 0.29) is 0 Å². The van der Waals surface area contributed by atoms with Gasteiger partial charge in [0, 0.05) is 18.0 Å². The highest BCUT2D eigenvalue weighted by atomic mass is 16.7. The Labute approximate surface area is 94.5 Å². The Morgan fingerprint density at radius 3 is 3.06 bits per heavy atom. The third-order valence-corrected chi connectivity index (χ3v) is 3.23. The van der Waals surface area contributed by atoms with Crippen LogP contribution in [0.4, 0.5) is 0 Å². The van der Waals surface area contributed by atoms with Gasteiger partial charge in [-0.1, -0.05) is 0 Å². The minimum Gasteiger partial charge on any atom is -0.496 e. The molecule has 4 nitrogen and oxygen atoms in total. The van der Waals surface area contributed by atoms with E-state index < -0.39 is 0 Å². The first-order valence-electron chi connectivity index (χ1n) is 5.57. The number of hydrogen-bond donors (Lipinski definition) is 1. The molecule has 0 amide bonds. The number of fused-ring (bicyclic) bond motifs is 1. The third kappa shape index (κ3) is 1.41. The van der Waals surface area contributed by atoms with Crippen molar-refractivity contribution in [2.75, 3.05) is 27.0 Å². The molecule has 2 aliphatic heterocycles. The fourth-order valence-electron chi connectivity index (χ4n) is 2.44. The Bertz CT molecular complexity index is 399. The van der Waals surface area contributed by atoms with Crippen LogP contribution >= 0.6 is 0 Å². The van der Waals surface area contributed by atoms with Crippen LogP contribution in [0.5, 0.6) is 17.2 Å². The average molecular weight is 221 g/mol. The van der Waals surface area contributed by atoms with Gasteiger partial charge in [0.15, 0.2) is 11.5 Å². The van der Waals surface area contributed by atoms with Crippen LogP contribution in [0.2, 0.25) is 0 Å². The van der Waals surface area contributed by atoms with Crippen molar-refractivity contribution in [3.63, 3.8) is 0 Å². The van der Waals surface area contributed by atoms with Gasteiger partial charge < -0.3 is 19.5 Å². The minimum absolute atomic E-state index is 0.315. The quantitative estimate of drug-likeness (QED) is 0.821. The number of rotatable bonds is 2. The smallest absolute Gasteiger partial charge is 0.231 e. The molecule has 3 rings (SSSR count). The summed E-state index contributed by atoms with van der Waals surface area (Å²) in [6.07, 6.45) is 1.12. The standard InChI is InChI=1S/C12H15NO3/c1-14-9-2-3-10-12(16-7-15-10)11(9)8-4-5-13-6-8/h2-3,8,13H,4-7H2,1H3. The summed E-state index contributed by atoms with van der Waals surface area (Å²) in [4.78, 5) is 0. The van der Waals surface area contributed by atoms with Crippen molar-refractivity contribution in [1.29, 1.82) is 0 Å². The fraction of sp³-hybridized carbons (Fsp3) is 0.500. The number of benzene rings is 1. The monoisotopic (exact) mass is 221 g/mol. The van der Waals surface area contributed by atoms with Gasteiger partial charge >= 0.3 is 0 Å². The van der Waals surface area contributed by atoms with Gasteiger partial charge in [-0.2, -0.15) is 0 Å². The molecule has 1 N–H and O–H groups in total. The summed E-state index contributed by atoms with van der Waals surface area (Å²) in [6, 6.07) is 3.87. The van der Waals surface area contributed by atoms with Crippen LogP contribution in [0.25, 0.3) is 0 Å². The Hall–Kier alpha value is -1.42. The highest BCUT2D eigenvalue weighted by Gasteiger charge is 2.29. The molecule has 1 unspecified atom stereocenters. The molecule has 0 aliphatic carbocycles. The molecule has 86 valence electrons. The lowest BCUT2D eigenvalue weighted by atomic mass is 9.96. The van der Waals surface area contributed by atoms with Crippen LogP contribution in [0, 0.1) is 0 Å². The summed E-state index contributed by atoms with van der Waals surface area (Å²) >= 11 is 0. The molecule has 1 aromatic carbocycles. The molecular formula is C12H15NO3. The van der Waals surface area contributed by atoms with Crippen LogP contribution in [0.1, 0.15) is 17.9 Å². The van der Waals surface area contributed by atoms with Crippen LogP contribution in [-0.4, -0.2) is 27.0 Å². The van der Waals surface area contributed by atoms with E-state index in [9.17, 15) is 0 Å². The predicted octanol–water partition coefficient (Wildman–Crippen LogP) is 1.50. The molecule has 0 aromatic heterocycles. The van der Waals surface area contributed by atoms with Crippen molar-refractivity contribution < 1.29 is 14.2 Å². The van der Waals surface area contributed by atoms with Crippen LogP contribution in [0.3, 0.4) is 0 Å². The molecule has 1 saturated heterocycles. The first kappa shape index (κ1) is 9.78. The van der Waals surface area contributed by atoms with Crippen LogP contribution in [0.15, 0.2) is 12.1 Å². The normalized spacial score (nSPS) is 22.4. The van der Waals surface area contributed by atoms with E-state index in [0.717, 1.165) is 42.3 Å². The van der Waals surface area contributed by atoms with Gasteiger partial charge in [0.2, 0.25) is 6.79 Å². The largest absolute Gasteiger partial charge is 0.496 e. The van der Waals surface area contributed by atoms with Crippen LogP contribution < -0.4 is 19.5 Å². The predicted molar refractivity (Wildman–Crippen MR) is 59.3 cm³/mol. The number of ether oxygens (including phenoxy) is 3. The Balaban J connectivity index is 2.08. The van der Waals surface area contributed by atoms with Crippen molar-refractivity contribution >= 4 is 0 Å². The summed E-state index contributed by atoms with van der Waals surface area (Å²) in [5, 5.41) is 3.36. The Kier molecular flexibility index (Phi) is 2.36. The number of hydrogen-bond acceptors (Lipinski definition) is 4. The van der Waals surface area contributed by atoms with E-state index in [0.29, 0.717) is 12.7 Å². The maximum Gasteiger partial charge on any atom is 0.231 e. The lowest BCUT2D eigenvalue weighted by Crippen LogP contribution is -2.09. The topological polar surface area (TPSA) is 39.7 Å². The molecule has 1 aromatic rings. The molecule has 1 fully saturated rings. The van der Waals surface area contributed by atoms with E-state index >= 15 is 0 Å². The molecule has 0 radical (unpaired) electrons. The van der Waals surface area contributed by atoms with E-state index in [1.165, 1.54) is 0 Å². The highest BCUT2D eigenvalue weighted by Crippen LogP contribution is 2.45. The Morgan fingerprint density at radius 1 is 1.38 bits per heavy atom. The van der Waals surface area contributed by atoms with Gasteiger partial charge in [0.05, 0.1) is 7.11 Å². The van der Waals surface area contributed by atoms with Gasteiger partial charge in [-0.05, 0) is 25.1 Å². The molecular weight excluding hydrogens is 206 g/mol. The second-order valence-corrected chi connectivity index (χ2v) is 4.11. The zero-order chi connectivity index (χ0) is 11.0. The van der Waals surface area contributed by atoms with E-state index in [4.69, 9.17) is 14.2 Å². The molecule has 1 atom stereocenters. The minimum atomic E-state index is 0.315. The zero-order valence-electron chi connectivity index (χ0n) is 9.29. The van der Waals surface area contributed by atoms with E-state index in [2.05, 4.69) is 5.32 Å². The highest BCUT2D eigenvalue weighted by molar-refractivity contribution is 5.57. The van der Waals surface area contributed by atoms with Crippen molar-refractivity contribution in [2.24, 2.45) is 0 Å². The van der Waals surface area contributed by atoms with Gasteiger partial charge in [-0.15, -0.1) is 0 Å². The third-order valence-electron chi connectivity index (χ3n) is 3.23. The van der Waals surface area contributed by atoms with E-state index in [1.54, 1.807) is 7.11 Å². The molecule has 0 saturated carbocycles. The summed E-state index contributed by atoms with van der Waals surface area (Å²) < 4.78 is 16.4. The number of methoxy groups -OCH3 is 1. The van der Waals surface area contributed by atoms with Gasteiger partial charge in [0.25, 0.3) is 0 Å². The first-order chi connectivity index (χ1) is 7.90. The molecule has 0 spiro atoms.